The number of quaternary nitrogens is 1. The first kappa shape index (κ1) is 16.3. The zero-order valence-corrected chi connectivity index (χ0v) is 15.4. The van der Waals surface area contributed by atoms with Crippen LogP contribution in [0.1, 0.15) is 15.3 Å². The molecular formula is C21H24N3S+. The number of benzene rings is 2. The van der Waals surface area contributed by atoms with Crippen molar-refractivity contribution in [2.75, 3.05) is 26.2 Å². The summed E-state index contributed by atoms with van der Waals surface area (Å²) in [5, 5.41) is 9.61. The van der Waals surface area contributed by atoms with Crippen molar-refractivity contribution in [1.29, 1.82) is 0 Å². The summed E-state index contributed by atoms with van der Waals surface area (Å²) in [5.74, 6) is 0. The van der Waals surface area contributed by atoms with E-state index in [1.54, 1.807) is 16.2 Å². The van der Waals surface area contributed by atoms with Crippen LogP contribution in [0.2, 0.25) is 0 Å². The van der Waals surface area contributed by atoms with E-state index in [4.69, 9.17) is 0 Å². The van der Waals surface area contributed by atoms with Crippen LogP contribution in [0.15, 0.2) is 59.7 Å². The summed E-state index contributed by atoms with van der Waals surface area (Å²) in [6, 6.07) is 19.7. The molecule has 0 bridgehead atoms. The van der Waals surface area contributed by atoms with E-state index in [1.165, 1.54) is 26.1 Å². The Bertz CT molecular complexity index is 870. The van der Waals surface area contributed by atoms with Gasteiger partial charge in [0.1, 0.15) is 6.54 Å². The van der Waals surface area contributed by atoms with Crippen molar-refractivity contribution in [2.45, 2.75) is 13.5 Å². The normalized spacial score (nSPS) is 16.1. The van der Waals surface area contributed by atoms with Crippen molar-refractivity contribution in [3.05, 3.63) is 69.9 Å². The average molecular weight is 351 g/mol. The molecule has 0 atom stereocenters. The van der Waals surface area contributed by atoms with E-state index in [1.807, 2.05) is 6.21 Å². The minimum Gasteiger partial charge on any atom is -0.328 e. The lowest BCUT2D eigenvalue weighted by atomic mass is 10.0. The van der Waals surface area contributed by atoms with E-state index >= 15 is 0 Å². The van der Waals surface area contributed by atoms with Crippen LogP contribution in [0.4, 0.5) is 0 Å². The molecule has 1 saturated heterocycles. The molecular weight excluding hydrogens is 326 g/mol. The Kier molecular flexibility index (Phi) is 4.81. The van der Waals surface area contributed by atoms with Crippen molar-refractivity contribution in [3.8, 4) is 0 Å². The van der Waals surface area contributed by atoms with E-state index in [0.717, 1.165) is 32.7 Å². The highest BCUT2D eigenvalue weighted by Crippen LogP contribution is 2.17. The van der Waals surface area contributed by atoms with Gasteiger partial charge in [-0.15, -0.1) is 11.3 Å². The number of piperazine rings is 1. The number of hydrogen-bond donors (Lipinski definition) is 1. The van der Waals surface area contributed by atoms with E-state index in [2.05, 4.69) is 71.6 Å². The molecule has 1 aromatic heterocycles. The summed E-state index contributed by atoms with van der Waals surface area (Å²) >= 11 is 1.80. The Labute approximate surface area is 153 Å². The molecule has 4 heteroatoms. The molecule has 0 amide bonds. The van der Waals surface area contributed by atoms with Crippen molar-refractivity contribution >= 4 is 28.3 Å². The van der Waals surface area contributed by atoms with E-state index in [0.29, 0.717) is 0 Å². The second kappa shape index (κ2) is 7.38. The summed E-state index contributed by atoms with van der Waals surface area (Å²) in [5.41, 5.74) is 1.46. The Hall–Kier alpha value is -2.17. The SMILES string of the molecule is Cc1ccc(/C=N\N2CC[NH+](Cc3cccc4ccccc34)CC2)s1. The van der Waals surface area contributed by atoms with E-state index < -0.39 is 0 Å². The lowest BCUT2D eigenvalue weighted by Gasteiger charge is -2.30. The van der Waals surface area contributed by atoms with Gasteiger partial charge in [0.25, 0.3) is 0 Å². The number of rotatable bonds is 4. The van der Waals surface area contributed by atoms with Crippen molar-refractivity contribution < 1.29 is 4.90 Å². The Morgan fingerprint density at radius 3 is 2.64 bits per heavy atom. The van der Waals surface area contributed by atoms with Gasteiger partial charge in [-0.2, -0.15) is 5.10 Å². The van der Waals surface area contributed by atoms with Crippen LogP contribution in [0.5, 0.6) is 0 Å². The number of nitrogens with zero attached hydrogens (tertiary/aromatic N) is 2. The molecule has 3 nitrogen and oxygen atoms in total. The molecule has 0 spiro atoms. The monoisotopic (exact) mass is 350 g/mol. The first-order valence-corrected chi connectivity index (χ1v) is 9.75. The second-order valence-corrected chi connectivity index (χ2v) is 8.03. The third-order valence-electron chi connectivity index (χ3n) is 4.88. The maximum atomic E-state index is 4.66. The number of fused-ring (bicyclic) bond motifs is 1. The predicted octanol–water partition coefficient (Wildman–Crippen LogP) is 2.94. The largest absolute Gasteiger partial charge is 0.328 e. The van der Waals surface area contributed by atoms with Crippen molar-refractivity contribution in [1.82, 2.24) is 5.01 Å². The van der Waals surface area contributed by atoms with E-state index in [9.17, 15) is 0 Å². The van der Waals surface area contributed by atoms with Crippen molar-refractivity contribution in [3.63, 3.8) is 0 Å². The number of aryl methyl sites for hydroxylation is 1. The molecule has 2 aromatic carbocycles. The molecule has 1 aliphatic heterocycles. The topological polar surface area (TPSA) is 20.0 Å². The fourth-order valence-electron chi connectivity index (χ4n) is 3.48. The Morgan fingerprint density at radius 1 is 1.04 bits per heavy atom. The summed E-state index contributed by atoms with van der Waals surface area (Å²) in [6.07, 6.45) is 2.01. The van der Waals surface area contributed by atoms with Gasteiger partial charge in [-0.25, -0.2) is 0 Å². The third kappa shape index (κ3) is 3.91. The van der Waals surface area contributed by atoms with Gasteiger partial charge >= 0.3 is 0 Å². The molecule has 0 radical (unpaired) electrons. The van der Waals surface area contributed by atoms with E-state index in [-0.39, 0.29) is 0 Å². The van der Waals surface area contributed by atoms with Crippen LogP contribution in [-0.4, -0.2) is 37.4 Å². The van der Waals surface area contributed by atoms with Crippen molar-refractivity contribution in [2.24, 2.45) is 5.10 Å². The molecule has 0 unspecified atom stereocenters. The number of nitrogens with one attached hydrogen (secondary N) is 1. The first-order valence-electron chi connectivity index (χ1n) is 8.93. The molecule has 0 saturated carbocycles. The van der Waals surface area contributed by atoms with Gasteiger partial charge in [-0.3, -0.25) is 5.01 Å². The molecule has 0 aliphatic carbocycles. The molecule has 1 N–H and O–H groups in total. The number of thiophene rings is 1. The van der Waals surface area contributed by atoms with Crippen LogP contribution in [0.3, 0.4) is 0 Å². The molecule has 25 heavy (non-hydrogen) atoms. The Balaban J connectivity index is 1.36. The fourth-order valence-corrected chi connectivity index (χ4v) is 4.22. The highest BCUT2D eigenvalue weighted by Gasteiger charge is 2.19. The summed E-state index contributed by atoms with van der Waals surface area (Å²) in [4.78, 5) is 4.23. The van der Waals surface area contributed by atoms with Gasteiger partial charge in [0, 0.05) is 15.3 Å². The van der Waals surface area contributed by atoms with Crippen LogP contribution in [0, 0.1) is 6.92 Å². The molecule has 2 heterocycles. The minimum absolute atomic E-state index is 1.03. The van der Waals surface area contributed by atoms with Crippen LogP contribution < -0.4 is 4.90 Å². The highest BCUT2D eigenvalue weighted by atomic mass is 32.1. The predicted molar refractivity (Wildman–Crippen MR) is 107 cm³/mol. The number of hydrazone groups is 1. The van der Waals surface area contributed by atoms with Crippen LogP contribution in [-0.2, 0) is 6.54 Å². The van der Waals surface area contributed by atoms with Gasteiger partial charge < -0.3 is 4.90 Å². The molecule has 4 rings (SSSR count). The lowest BCUT2D eigenvalue weighted by Crippen LogP contribution is -3.13. The highest BCUT2D eigenvalue weighted by molar-refractivity contribution is 7.13. The fraction of sp³-hybridized carbons (Fsp3) is 0.286. The quantitative estimate of drug-likeness (QED) is 0.717. The van der Waals surface area contributed by atoms with Gasteiger partial charge in [-0.1, -0.05) is 42.5 Å². The smallest absolute Gasteiger partial charge is 0.104 e. The zero-order chi connectivity index (χ0) is 17.1. The standard InChI is InChI=1S/C21H23N3S/c1-17-9-10-20(25-17)15-22-24-13-11-23(12-14-24)16-19-7-4-6-18-5-2-3-8-21(18)19/h2-10,15H,11-14,16H2,1H3/p+1/b22-15-. The zero-order valence-electron chi connectivity index (χ0n) is 14.6. The Morgan fingerprint density at radius 2 is 1.84 bits per heavy atom. The van der Waals surface area contributed by atoms with Gasteiger partial charge in [0.05, 0.1) is 32.4 Å². The maximum absolute atomic E-state index is 4.66. The molecule has 1 aliphatic rings. The van der Waals surface area contributed by atoms with Gasteiger partial charge in [0.15, 0.2) is 0 Å². The number of hydrogen-bond acceptors (Lipinski definition) is 3. The average Bonchev–Trinajstić information content (AvgIpc) is 3.07. The van der Waals surface area contributed by atoms with Crippen LogP contribution in [0.25, 0.3) is 10.8 Å². The summed E-state index contributed by atoms with van der Waals surface area (Å²) < 4.78 is 0. The minimum atomic E-state index is 1.03. The first-order chi connectivity index (χ1) is 12.3. The molecule has 128 valence electrons. The maximum Gasteiger partial charge on any atom is 0.104 e. The summed E-state index contributed by atoms with van der Waals surface area (Å²) in [7, 11) is 0. The van der Waals surface area contributed by atoms with Gasteiger partial charge in [-0.05, 0) is 29.8 Å². The van der Waals surface area contributed by atoms with Crippen LogP contribution >= 0.6 is 11.3 Å². The second-order valence-electron chi connectivity index (χ2n) is 6.71. The van der Waals surface area contributed by atoms with Gasteiger partial charge in [0.2, 0.25) is 0 Å². The molecule has 1 fully saturated rings. The molecule has 3 aromatic rings. The summed E-state index contributed by atoms with van der Waals surface area (Å²) in [6.45, 7) is 7.58. The lowest BCUT2D eigenvalue weighted by molar-refractivity contribution is -0.918. The third-order valence-corrected chi connectivity index (χ3v) is 5.81.